The van der Waals surface area contributed by atoms with E-state index in [1.54, 1.807) is 11.3 Å². The van der Waals surface area contributed by atoms with E-state index in [0.29, 0.717) is 6.61 Å². The van der Waals surface area contributed by atoms with Crippen LogP contribution in [-0.2, 0) is 13.0 Å². The van der Waals surface area contributed by atoms with Crippen molar-refractivity contribution in [2.75, 3.05) is 0 Å². The highest BCUT2D eigenvalue weighted by atomic mass is 32.1. The number of hydrogen-bond acceptors (Lipinski definition) is 4. The van der Waals surface area contributed by atoms with E-state index in [1.807, 2.05) is 31.2 Å². The van der Waals surface area contributed by atoms with Crippen molar-refractivity contribution in [3.8, 4) is 5.75 Å². The predicted molar refractivity (Wildman–Crippen MR) is 82.1 cm³/mol. The minimum absolute atomic E-state index is 0.390. The lowest BCUT2D eigenvalue weighted by Gasteiger charge is -2.09. The zero-order valence-corrected chi connectivity index (χ0v) is 12.8. The van der Waals surface area contributed by atoms with Gasteiger partial charge in [-0.15, -0.1) is 11.3 Å². The monoisotopic (exact) mass is 291 g/mol. The largest absolute Gasteiger partial charge is 0.487 e. The van der Waals surface area contributed by atoms with Crippen molar-refractivity contribution in [1.82, 2.24) is 4.98 Å². The van der Waals surface area contributed by atoms with Crippen LogP contribution in [0.15, 0.2) is 29.6 Å². The van der Waals surface area contributed by atoms with E-state index in [-0.39, 0.29) is 6.10 Å². The summed E-state index contributed by atoms with van der Waals surface area (Å²) in [5, 5.41) is 13.0. The number of aliphatic hydroxyl groups excluding tert-OH is 1. The van der Waals surface area contributed by atoms with Crippen LogP contribution < -0.4 is 4.74 Å². The quantitative estimate of drug-likeness (QED) is 0.834. The molecule has 20 heavy (non-hydrogen) atoms. The Morgan fingerprint density at radius 1 is 1.25 bits per heavy atom. The van der Waals surface area contributed by atoms with Crippen molar-refractivity contribution in [2.24, 2.45) is 0 Å². The Bertz CT molecular complexity index is 522. The van der Waals surface area contributed by atoms with E-state index in [1.165, 1.54) is 5.01 Å². The first-order valence-electron chi connectivity index (χ1n) is 7.07. The first-order valence-corrected chi connectivity index (χ1v) is 7.95. The molecule has 4 heteroatoms. The normalized spacial score (nSPS) is 12.3. The molecule has 0 spiro atoms. The molecule has 0 unspecified atom stereocenters. The summed E-state index contributed by atoms with van der Waals surface area (Å²) in [4.78, 5) is 4.53. The molecular weight excluding hydrogens is 270 g/mol. The lowest BCUT2D eigenvalue weighted by molar-refractivity contribution is 0.173. The third-order valence-corrected chi connectivity index (χ3v) is 4.06. The van der Waals surface area contributed by atoms with Gasteiger partial charge in [-0.1, -0.05) is 26.0 Å². The van der Waals surface area contributed by atoms with Crippen molar-refractivity contribution >= 4 is 11.3 Å². The Labute approximate surface area is 124 Å². The van der Waals surface area contributed by atoms with Gasteiger partial charge < -0.3 is 9.84 Å². The van der Waals surface area contributed by atoms with Gasteiger partial charge in [0, 0.05) is 5.38 Å². The molecule has 0 aliphatic carbocycles. The van der Waals surface area contributed by atoms with Gasteiger partial charge in [0.05, 0.1) is 16.8 Å². The van der Waals surface area contributed by atoms with Gasteiger partial charge in [-0.2, -0.15) is 0 Å². The Morgan fingerprint density at radius 3 is 2.65 bits per heavy atom. The fourth-order valence-electron chi connectivity index (χ4n) is 1.92. The second-order valence-electron chi connectivity index (χ2n) is 4.76. The number of rotatable bonds is 7. The smallest absolute Gasteiger partial charge is 0.131 e. The van der Waals surface area contributed by atoms with Crippen molar-refractivity contribution in [3.05, 3.63) is 45.9 Å². The van der Waals surface area contributed by atoms with Crippen LogP contribution in [0.4, 0.5) is 0 Å². The summed E-state index contributed by atoms with van der Waals surface area (Å²) in [6.07, 6.45) is 2.49. The van der Waals surface area contributed by atoms with Crippen LogP contribution in [0, 0.1) is 0 Å². The van der Waals surface area contributed by atoms with Gasteiger partial charge in [0.25, 0.3) is 0 Å². The maximum atomic E-state index is 9.73. The van der Waals surface area contributed by atoms with Crippen molar-refractivity contribution in [3.63, 3.8) is 0 Å². The highest BCUT2D eigenvalue weighted by molar-refractivity contribution is 7.09. The van der Waals surface area contributed by atoms with E-state index in [4.69, 9.17) is 4.74 Å². The summed E-state index contributed by atoms with van der Waals surface area (Å²) in [5.74, 6) is 0.807. The molecule has 0 amide bonds. The summed E-state index contributed by atoms with van der Waals surface area (Å²) in [5.41, 5.74) is 1.91. The molecule has 1 aromatic heterocycles. The standard InChI is InChI=1S/C16H21NO2S/c1-3-5-16-17-13(11-20-16)10-19-14-8-6-12(7-9-14)15(18)4-2/h6-9,11,15,18H,3-5,10H2,1-2H3/t15-/m0/s1. The van der Waals surface area contributed by atoms with Crippen molar-refractivity contribution < 1.29 is 9.84 Å². The molecular formula is C16H21NO2S. The number of thiazole rings is 1. The molecule has 3 nitrogen and oxygen atoms in total. The number of aliphatic hydroxyl groups is 1. The molecule has 0 aliphatic rings. The van der Waals surface area contributed by atoms with E-state index in [2.05, 4.69) is 17.3 Å². The molecule has 2 rings (SSSR count). The zero-order valence-electron chi connectivity index (χ0n) is 12.0. The lowest BCUT2D eigenvalue weighted by Crippen LogP contribution is -1.98. The maximum absolute atomic E-state index is 9.73. The van der Waals surface area contributed by atoms with Crippen molar-refractivity contribution in [2.45, 2.75) is 45.8 Å². The second-order valence-corrected chi connectivity index (χ2v) is 5.71. The van der Waals surface area contributed by atoms with Crippen LogP contribution >= 0.6 is 11.3 Å². The third-order valence-electron chi connectivity index (χ3n) is 3.10. The molecule has 1 atom stereocenters. The fraction of sp³-hybridized carbons (Fsp3) is 0.438. The first kappa shape index (κ1) is 15.0. The Kier molecular flexibility index (Phi) is 5.56. The maximum Gasteiger partial charge on any atom is 0.131 e. The zero-order chi connectivity index (χ0) is 14.4. The number of benzene rings is 1. The summed E-state index contributed by atoms with van der Waals surface area (Å²) in [6.45, 7) is 4.62. The second kappa shape index (κ2) is 7.41. The Hall–Kier alpha value is -1.39. The Morgan fingerprint density at radius 2 is 2.00 bits per heavy atom. The van der Waals surface area contributed by atoms with Gasteiger partial charge in [-0.25, -0.2) is 4.98 Å². The lowest BCUT2D eigenvalue weighted by atomic mass is 10.1. The van der Waals surface area contributed by atoms with Gasteiger partial charge in [0.1, 0.15) is 12.4 Å². The number of hydrogen-bond donors (Lipinski definition) is 1. The average molecular weight is 291 g/mol. The number of ether oxygens (including phenoxy) is 1. The van der Waals surface area contributed by atoms with E-state index < -0.39 is 0 Å². The van der Waals surface area contributed by atoms with Gasteiger partial charge in [-0.05, 0) is 37.0 Å². The SMILES string of the molecule is CCCc1nc(COc2ccc([C@@H](O)CC)cc2)cs1. The molecule has 108 valence electrons. The topological polar surface area (TPSA) is 42.4 Å². The van der Waals surface area contributed by atoms with Crippen LogP contribution in [0.1, 0.15) is 49.1 Å². The predicted octanol–water partition coefficient (Wildman–Crippen LogP) is 4.12. The molecule has 1 aromatic carbocycles. The van der Waals surface area contributed by atoms with Crippen molar-refractivity contribution in [1.29, 1.82) is 0 Å². The molecule has 1 heterocycles. The Balaban J connectivity index is 1.89. The molecule has 2 aromatic rings. The molecule has 0 fully saturated rings. The molecule has 0 saturated carbocycles. The molecule has 1 N–H and O–H groups in total. The molecule has 0 saturated heterocycles. The van der Waals surface area contributed by atoms with E-state index in [0.717, 1.165) is 36.3 Å². The highest BCUT2D eigenvalue weighted by Crippen LogP contribution is 2.21. The van der Waals surface area contributed by atoms with Gasteiger partial charge in [-0.3, -0.25) is 0 Å². The third kappa shape index (κ3) is 4.05. The number of aromatic nitrogens is 1. The van der Waals surface area contributed by atoms with Gasteiger partial charge in [0.2, 0.25) is 0 Å². The summed E-state index contributed by atoms with van der Waals surface area (Å²) < 4.78 is 5.71. The highest BCUT2D eigenvalue weighted by Gasteiger charge is 2.05. The van der Waals surface area contributed by atoms with Crippen LogP contribution in [0.25, 0.3) is 0 Å². The summed E-state index contributed by atoms with van der Waals surface area (Å²) >= 11 is 1.69. The van der Waals surface area contributed by atoms with Crippen LogP contribution in [0.2, 0.25) is 0 Å². The van der Waals surface area contributed by atoms with E-state index in [9.17, 15) is 5.11 Å². The summed E-state index contributed by atoms with van der Waals surface area (Å²) in [7, 11) is 0. The van der Waals surface area contributed by atoms with Crippen LogP contribution in [-0.4, -0.2) is 10.1 Å². The summed E-state index contributed by atoms with van der Waals surface area (Å²) in [6, 6.07) is 7.61. The molecule has 0 bridgehead atoms. The first-order chi connectivity index (χ1) is 9.72. The van der Waals surface area contributed by atoms with Crippen LogP contribution in [0.3, 0.4) is 0 Å². The fourth-order valence-corrected chi connectivity index (χ4v) is 2.81. The van der Waals surface area contributed by atoms with Gasteiger partial charge in [0.15, 0.2) is 0 Å². The molecule has 0 aliphatic heterocycles. The number of aryl methyl sites for hydroxylation is 1. The number of nitrogens with zero attached hydrogens (tertiary/aromatic N) is 1. The minimum atomic E-state index is -0.390. The average Bonchev–Trinajstić information content (AvgIpc) is 2.93. The minimum Gasteiger partial charge on any atom is -0.487 e. The van der Waals surface area contributed by atoms with E-state index >= 15 is 0 Å². The van der Waals surface area contributed by atoms with Crippen LogP contribution in [0.5, 0.6) is 5.75 Å². The molecule has 0 radical (unpaired) electrons. The van der Waals surface area contributed by atoms with Gasteiger partial charge >= 0.3 is 0 Å².